The molecule has 13 heteroatoms. The topological polar surface area (TPSA) is 103 Å². The molecule has 0 saturated heterocycles. The van der Waals surface area contributed by atoms with Gasteiger partial charge in [-0.1, -0.05) is 24.1 Å². The summed E-state index contributed by atoms with van der Waals surface area (Å²) in [5.41, 5.74) is 0.983. The van der Waals surface area contributed by atoms with Crippen LogP contribution < -0.4 is 10.6 Å². The SMILES string of the molecule is CC(C)(C)n1cc(C(=O)NCc2nc(-c3cc4c(N[C@@H]5CCCC[C@@H]5F)cccc4n3CC(F)(F)F)no2)cn1. The van der Waals surface area contributed by atoms with Gasteiger partial charge >= 0.3 is 6.18 Å². The lowest BCUT2D eigenvalue weighted by atomic mass is 9.93. The van der Waals surface area contributed by atoms with Crippen molar-refractivity contribution in [3.63, 3.8) is 0 Å². The number of hydrogen-bond donors (Lipinski definition) is 2. The molecule has 214 valence electrons. The van der Waals surface area contributed by atoms with Gasteiger partial charge in [-0.25, -0.2) is 4.39 Å². The molecule has 2 atom stereocenters. The summed E-state index contributed by atoms with van der Waals surface area (Å²) in [5.74, 6) is -0.445. The predicted octanol–water partition coefficient (Wildman–Crippen LogP) is 5.83. The fourth-order valence-corrected chi connectivity index (χ4v) is 4.89. The second kappa shape index (κ2) is 10.6. The van der Waals surface area contributed by atoms with Crippen molar-refractivity contribution in [2.24, 2.45) is 0 Å². The molecule has 0 unspecified atom stereocenters. The van der Waals surface area contributed by atoms with Crippen LogP contribution >= 0.6 is 0 Å². The zero-order chi connectivity index (χ0) is 28.7. The van der Waals surface area contributed by atoms with Crippen LogP contribution in [0.5, 0.6) is 0 Å². The predicted molar refractivity (Wildman–Crippen MR) is 140 cm³/mol. The van der Waals surface area contributed by atoms with Crippen molar-refractivity contribution in [2.45, 2.75) is 83.5 Å². The molecule has 0 spiro atoms. The first-order chi connectivity index (χ1) is 18.9. The van der Waals surface area contributed by atoms with Gasteiger partial charge in [0.15, 0.2) is 0 Å². The molecule has 0 aliphatic heterocycles. The second-order valence-corrected chi connectivity index (χ2v) is 11.1. The van der Waals surface area contributed by atoms with Gasteiger partial charge < -0.3 is 19.7 Å². The lowest BCUT2D eigenvalue weighted by Crippen LogP contribution is -2.33. The van der Waals surface area contributed by atoms with Gasteiger partial charge in [-0.3, -0.25) is 9.48 Å². The summed E-state index contributed by atoms with van der Waals surface area (Å²) in [7, 11) is 0. The van der Waals surface area contributed by atoms with E-state index in [0.717, 1.165) is 17.4 Å². The third-order valence-corrected chi connectivity index (χ3v) is 6.94. The summed E-state index contributed by atoms with van der Waals surface area (Å²) >= 11 is 0. The number of benzene rings is 1. The Labute approximate surface area is 227 Å². The fourth-order valence-electron chi connectivity index (χ4n) is 4.89. The molecule has 3 aromatic heterocycles. The molecule has 1 aliphatic carbocycles. The quantitative estimate of drug-likeness (QED) is 0.276. The number of fused-ring (bicyclic) bond motifs is 1. The average molecular weight is 562 g/mol. The van der Waals surface area contributed by atoms with Crippen molar-refractivity contribution in [1.82, 2.24) is 29.8 Å². The number of hydrogen-bond acceptors (Lipinski definition) is 6. The van der Waals surface area contributed by atoms with E-state index in [2.05, 4.69) is 25.9 Å². The molecule has 40 heavy (non-hydrogen) atoms. The van der Waals surface area contributed by atoms with E-state index in [-0.39, 0.29) is 29.5 Å². The Bertz CT molecular complexity index is 1500. The highest BCUT2D eigenvalue weighted by Gasteiger charge is 2.32. The first-order valence-electron chi connectivity index (χ1n) is 13.1. The second-order valence-electron chi connectivity index (χ2n) is 11.1. The van der Waals surface area contributed by atoms with E-state index in [4.69, 9.17) is 4.52 Å². The molecule has 1 aromatic carbocycles. The Morgan fingerprint density at radius 3 is 2.65 bits per heavy atom. The molecule has 1 fully saturated rings. The van der Waals surface area contributed by atoms with Crippen LogP contribution in [0.2, 0.25) is 0 Å². The largest absolute Gasteiger partial charge is 0.406 e. The Kier molecular flexibility index (Phi) is 7.32. The number of anilines is 1. The Morgan fingerprint density at radius 2 is 1.95 bits per heavy atom. The zero-order valence-electron chi connectivity index (χ0n) is 22.4. The van der Waals surface area contributed by atoms with Crippen LogP contribution in [0, 0.1) is 0 Å². The van der Waals surface area contributed by atoms with Gasteiger partial charge in [-0.15, -0.1) is 0 Å². The van der Waals surface area contributed by atoms with Crippen molar-refractivity contribution < 1.29 is 26.9 Å². The van der Waals surface area contributed by atoms with Gasteiger partial charge in [0.05, 0.1) is 41.1 Å². The number of aromatic nitrogens is 5. The van der Waals surface area contributed by atoms with Crippen LogP contribution in [0.25, 0.3) is 22.4 Å². The van der Waals surface area contributed by atoms with Crippen molar-refractivity contribution in [1.29, 1.82) is 0 Å². The normalized spacial score (nSPS) is 18.3. The van der Waals surface area contributed by atoms with Crippen LogP contribution in [-0.2, 0) is 18.6 Å². The molecular formula is C27H31F4N7O2. The summed E-state index contributed by atoms with van der Waals surface area (Å²) in [4.78, 5) is 16.8. The van der Waals surface area contributed by atoms with E-state index < -0.39 is 30.8 Å². The van der Waals surface area contributed by atoms with Gasteiger partial charge in [-0.05, 0) is 51.8 Å². The molecule has 5 rings (SSSR count). The van der Waals surface area contributed by atoms with E-state index in [1.165, 1.54) is 6.20 Å². The van der Waals surface area contributed by atoms with Crippen LogP contribution in [0.3, 0.4) is 0 Å². The van der Waals surface area contributed by atoms with Gasteiger partial charge in [0.1, 0.15) is 12.7 Å². The maximum Gasteiger partial charge on any atom is 0.406 e. The molecule has 1 amide bonds. The van der Waals surface area contributed by atoms with E-state index in [0.29, 0.717) is 35.0 Å². The van der Waals surface area contributed by atoms with Gasteiger partial charge in [0.2, 0.25) is 11.7 Å². The van der Waals surface area contributed by atoms with Gasteiger partial charge in [0.25, 0.3) is 5.91 Å². The zero-order valence-corrected chi connectivity index (χ0v) is 22.4. The third kappa shape index (κ3) is 5.97. The molecule has 1 aliphatic rings. The van der Waals surface area contributed by atoms with Crippen LogP contribution in [0.15, 0.2) is 41.2 Å². The fraction of sp³-hybridized carbons (Fsp3) is 0.481. The lowest BCUT2D eigenvalue weighted by molar-refractivity contribution is -0.139. The first-order valence-corrected chi connectivity index (χ1v) is 13.1. The van der Waals surface area contributed by atoms with Crippen molar-refractivity contribution in [3.05, 3.63) is 48.1 Å². The number of halogens is 4. The summed E-state index contributed by atoms with van der Waals surface area (Å²) < 4.78 is 63.3. The minimum Gasteiger partial charge on any atom is -0.379 e. The maximum absolute atomic E-state index is 14.5. The molecule has 1 saturated carbocycles. The van der Waals surface area contributed by atoms with Crippen molar-refractivity contribution in [2.75, 3.05) is 5.32 Å². The van der Waals surface area contributed by atoms with E-state index in [9.17, 15) is 22.4 Å². The molecule has 3 heterocycles. The van der Waals surface area contributed by atoms with Crippen LogP contribution in [-0.4, -0.2) is 48.8 Å². The summed E-state index contributed by atoms with van der Waals surface area (Å²) in [5, 5.41) is 14.5. The summed E-state index contributed by atoms with van der Waals surface area (Å²) in [6.07, 6.45) is 0.313. The number of carbonyl (C=O) groups excluding carboxylic acids is 1. The van der Waals surface area contributed by atoms with E-state index in [1.54, 1.807) is 35.1 Å². The number of alkyl halides is 4. The molecular weight excluding hydrogens is 530 g/mol. The molecule has 9 nitrogen and oxygen atoms in total. The number of carbonyl (C=O) groups is 1. The minimum atomic E-state index is -4.52. The highest BCUT2D eigenvalue weighted by Crippen LogP contribution is 2.35. The smallest absolute Gasteiger partial charge is 0.379 e. The number of rotatable bonds is 7. The molecule has 0 radical (unpaired) electrons. The van der Waals surface area contributed by atoms with Crippen LogP contribution in [0.4, 0.5) is 23.2 Å². The Balaban J connectivity index is 1.40. The number of amides is 1. The monoisotopic (exact) mass is 561 g/mol. The minimum absolute atomic E-state index is 0.0243. The number of nitrogens with one attached hydrogen (secondary N) is 2. The summed E-state index contributed by atoms with van der Waals surface area (Å²) in [6, 6.07) is 6.07. The highest BCUT2D eigenvalue weighted by molar-refractivity contribution is 5.96. The third-order valence-electron chi connectivity index (χ3n) is 6.94. The maximum atomic E-state index is 14.5. The number of nitrogens with zero attached hydrogens (tertiary/aromatic N) is 5. The van der Waals surface area contributed by atoms with Crippen molar-refractivity contribution >= 4 is 22.5 Å². The molecule has 4 aromatic rings. The summed E-state index contributed by atoms with van der Waals surface area (Å²) in [6.45, 7) is 4.45. The lowest BCUT2D eigenvalue weighted by Gasteiger charge is -2.28. The molecule has 0 bridgehead atoms. The van der Waals surface area contributed by atoms with Crippen LogP contribution in [0.1, 0.15) is 62.7 Å². The van der Waals surface area contributed by atoms with Gasteiger partial charge in [0, 0.05) is 17.3 Å². The average Bonchev–Trinajstić information content (AvgIpc) is 3.62. The van der Waals surface area contributed by atoms with Gasteiger partial charge in [-0.2, -0.15) is 23.3 Å². The molecule has 2 N–H and O–H groups in total. The highest BCUT2D eigenvalue weighted by atomic mass is 19.4. The standard InChI is InChI=1S/C27H31F4N7O2/c1-26(2,3)38-14-16(12-33-38)25(39)32-13-23-35-24(36-40-23)22-11-17-19(34-20-8-5-4-7-18(20)28)9-6-10-21(17)37(22)15-27(29,30)31/h6,9-12,14,18,20,34H,4-5,7-8,13,15H2,1-3H3,(H,32,39)/t18-,20+/m0/s1. The van der Waals surface area contributed by atoms with Crippen molar-refractivity contribution in [3.8, 4) is 11.5 Å². The first kappa shape index (κ1) is 27.7. The Hall–Kier alpha value is -3.90. The van der Waals surface area contributed by atoms with E-state index >= 15 is 0 Å². The van der Waals surface area contributed by atoms with E-state index in [1.807, 2.05) is 20.8 Å². The Morgan fingerprint density at radius 1 is 1.18 bits per heavy atom.